The van der Waals surface area contributed by atoms with Crippen molar-refractivity contribution in [1.82, 2.24) is 25.0 Å². The molecule has 1 amide bonds. The van der Waals surface area contributed by atoms with Crippen LogP contribution in [0.25, 0.3) is 0 Å². The number of nitrogens with zero attached hydrogens (tertiary/aromatic N) is 5. The molecular formula is C14H19N5O3. The van der Waals surface area contributed by atoms with E-state index in [2.05, 4.69) is 20.0 Å². The Kier molecular flexibility index (Phi) is 3.93. The van der Waals surface area contributed by atoms with Crippen molar-refractivity contribution in [3.8, 4) is 0 Å². The molecule has 3 heterocycles. The number of aromatic nitrogens is 4. The molecule has 0 aliphatic carbocycles. The Hall–Kier alpha value is -2.22. The largest absolute Gasteiger partial charge is 0.387 e. The van der Waals surface area contributed by atoms with Crippen molar-refractivity contribution in [2.45, 2.75) is 45.9 Å². The van der Waals surface area contributed by atoms with Gasteiger partial charge in [0.25, 0.3) is 5.91 Å². The number of aryl methyl sites for hydroxylation is 2. The molecule has 0 saturated heterocycles. The third-order valence-corrected chi connectivity index (χ3v) is 3.90. The quantitative estimate of drug-likeness (QED) is 0.910. The molecule has 8 nitrogen and oxygen atoms in total. The molecule has 2 aromatic heterocycles. The predicted octanol–water partition coefficient (Wildman–Crippen LogP) is 1.06. The van der Waals surface area contributed by atoms with Crippen LogP contribution in [0, 0.1) is 6.92 Å². The van der Waals surface area contributed by atoms with Crippen LogP contribution in [0.2, 0.25) is 0 Å². The topological polar surface area (TPSA) is 97.3 Å². The fourth-order valence-electron chi connectivity index (χ4n) is 2.61. The summed E-state index contributed by atoms with van der Waals surface area (Å²) in [5, 5.41) is 21.7. The Labute approximate surface area is 127 Å². The second kappa shape index (κ2) is 5.88. The van der Waals surface area contributed by atoms with E-state index in [0.717, 1.165) is 18.7 Å². The molecule has 0 saturated carbocycles. The van der Waals surface area contributed by atoms with Gasteiger partial charge >= 0.3 is 0 Å². The minimum atomic E-state index is -0.564. The summed E-state index contributed by atoms with van der Waals surface area (Å²) in [6, 6.07) is 1.87. The summed E-state index contributed by atoms with van der Waals surface area (Å²) in [7, 11) is 0. The van der Waals surface area contributed by atoms with Crippen LogP contribution in [-0.4, -0.2) is 42.6 Å². The zero-order valence-electron chi connectivity index (χ0n) is 12.7. The number of aliphatic hydroxyl groups excluding tert-OH is 1. The summed E-state index contributed by atoms with van der Waals surface area (Å²) >= 11 is 0. The van der Waals surface area contributed by atoms with E-state index < -0.39 is 6.10 Å². The lowest BCUT2D eigenvalue weighted by Crippen LogP contribution is -2.31. The summed E-state index contributed by atoms with van der Waals surface area (Å²) in [6.07, 6.45) is 0.848. The molecule has 0 aromatic carbocycles. The van der Waals surface area contributed by atoms with Gasteiger partial charge in [0, 0.05) is 13.1 Å². The lowest BCUT2D eigenvalue weighted by atomic mass is 10.2. The molecule has 1 atom stereocenters. The molecule has 1 aliphatic heterocycles. The molecule has 0 spiro atoms. The molecule has 1 aliphatic rings. The zero-order chi connectivity index (χ0) is 15.7. The third-order valence-electron chi connectivity index (χ3n) is 3.90. The minimum absolute atomic E-state index is 0.189. The first-order valence-electron chi connectivity index (χ1n) is 7.43. The van der Waals surface area contributed by atoms with Crippen LogP contribution in [0.3, 0.4) is 0 Å². The van der Waals surface area contributed by atoms with Crippen molar-refractivity contribution in [1.29, 1.82) is 0 Å². The van der Waals surface area contributed by atoms with E-state index in [4.69, 9.17) is 0 Å². The predicted molar refractivity (Wildman–Crippen MR) is 75.9 cm³/mol. The lowest BCUT2D eigenvalue weighted by Gasteiger charge is -2.18. The first-order chi connectivity index (χ1) is 10.6. The van der Waals surface area contributed by atoms with Gasteiger partial charge < -0.3 is 10.0 Å². The van der Waals surface area contributed by atoms with Gasteiger partial charge in [0.2, 0.25) is 0 Å². The van der Waals surface area contributed by atoms with Gasteiger partial charge in [0.05, 0.1) is 24.0 Å². The molecule has 2 aromatic rings. The lowest BCUT2D eigenvalue weighted by molar-refractivity contribution is 0.0734. The normalized spacial score (nSPS) is 16.2. The van der Waals surface area contributed by atoms with Crippen molar-refractivity contribution < 1.29 is 14.5 Å². The van der Waals surface area contributed by atoms with Crippen LogP contribution in [0.4, 0.5) is 0 Å². The fourth-order valence-corrected chi connectivity index (χ4v) is 2.61. The van der Waals surface area contributed by atoms with Gasteiger partial charge in [-0.05, 0) is 31.0 Å². The molecule has 0 unspecified atom stereocenters. The standard InChI is InChI=1S/C14H19N5O3/c1-3-12(20)11-7-10-8-18(5-4-6-19(10)15-11)14(21)13-9(2)16-22-17-13/h7,12,20H,3-6,8H2,1-2H3/t12-/m0/s1. The maximum absolute atomic E-state index is 12.5. The van der Waals surface area contributed by atoms with E-state index in [-0.39, 0.29) is 11.6 Å². The first-order valence-corrected chi connectivity index (χ1v) is 7.43. The maximum atomic E-state index is 12.5. The number of hydrogen-bond donors (Lipinski definition) is 1. The van der Waals surface area contributed by atoms with Crippen molar-refractivity contribution in [3.05, 3.63) is 28.8 Å². The minimum Gasteiger partial charge on any atom is -0.387 e. The SMILES string of the molecule is CC[C@H](O)c1cc2n(n1)CCCN(C(=O)c1nonc1C)C2. The van der Waals surface area contributed by atoms with Crippen LogP contribution in [-0.2, 0) is 13.1 Å². The summed E-state index contributed by atoms with van der Waals surface area (Å²) in [6.45, 7) is 5.40. The average molecular weight is 305 g/mol. The smallest absolute Gasteiger partial charge is 0.278 e. The van der Waals surface area contributed by atoms with Gasteiger partial charge in [0.1, 0.15) is 5.69 Å². The Bertz CT molecular complexity index is 678. The number of rotatable bonds is 3. The van der Waals surface area contributed by atoms with E-state index in [9.17, 15) is 9.90 Å². The zero-order valence-corrected chi connectivity index (χ0v) is 12.7. The second-order valence-electron chi connectivity index (χ2n) is 5.49. The van der Waals surface area contributed by atoms with Crippen molar-refractivity contribution in [2.24, 2.45) is 0 Å². The van der Waals surface area contributed by atoms with Gasteiger partial charge in [-0.2, -0.15) is 5.10 Å². The van der Waals surface area contributed by atoms with E-state index in [1.807, 2.05) is 17.7 Å². The summed E-state index contributed by atoms with van der Waals surface area (Å²) in [5.41, 5.74) is 2.32. The maximum Gasteiger partial charge on any atom is 0.278 e. The Morgan fingerprint density at radius 1 is 1.45 bits per heavy atom. The van der Waals surface area contributed by atoms with E-state index in [0.29, 0.717) is 30.9 Å². The molecular weight excluding hydrogens is 286 g/mol. The first kappa shape index (κ1) is 14.7. The summed E-state index contributed by atoms with van der Waals surface area (Å²) in [5.74, 6) is -0.189. The highest BCUT2D eigenvalue weighted by Crippen LogP contribution is 2.21. The Balaban J connectivity index is 1.83. The van der Waals surface area contributed by atoms with Gasteiger partial charge in [-0.3, -0.25) is 9.48 Å². The average Bonchev–Trinajstić information content (AvgIpc) is 3.06. The molecule has 118 valence electrons. The number of aliphatic hydroxyl groups is 1. The van der Waals surface area contributed by atoms with Crippen molar-refractivity contribution >= 4 is 5.91 Å². The number of hydrogen-bond acceptors (Lipinski definition) is 6. The highest BCUT2D eigenvalue weighted by Gasteiger charge is 2.26. The van der Waals surface area contributed by atoms with Gasteiger partial charge in [-0.25, -0.2) is 4.63 Å². The van der Waals surface area contributed by atoms with E-state index >= 15 is 0 Å². The third kappa shape index (κ3) is 2.61. The molecule has 0 bridgehead atoms. The molecule has 0 radical (unpaired) electrons. The van der Waals surface area contributed by atoms with Crippen molar-refractivity contribution in [3.63, 3.8) is 0 Å². The fraction of sp³-hybridized carbons (Fsp3) is 0.571. The molecule has 1 N–H and O–H groups in total. The molecule has 22 heavy (non-hydrogen) atoms. The van der Waals surface area contributed by atoms with Crippen LogP contribution in [0.1, 0.15) is 53.4 Å². The van der Waals surface area contributed by atoms with Crippen LogP contribution >= 0.6 is 0 Å². The molecule has 3 rings (SSSR count). The van der Waals surface area contributed by atoms with E-state index in [1.165, 1.54) is 0 Å². The Morgan fingerprint density at radius 2 is 2.27 bits per heavy atom. The number of fused-ring (bicyclic) bond motifs is 1. The molecule has 0 fully saturated rings. The summed E-state index contributed by atoms with van der Waals surface area (Å²) < 4.78 is 6.48. The summed E-state index contributed by atoms with van der Waals surface area (Å²) in [4.78, 5) is 14.2. The van der Waals surface area contributed by atoms with Gasteiger partial charge in [0.15, 0.2) is 5.69 Å². The van der Waals surface area contributed by atoms with Gasteiger partial charge in [-0.15, -0.1) is 0 Å². The van der Waals surface area contributed by atoms with Gasteiger partial charge in [-0.1, -0.05) is 12.1 Å². The van der Waals surface area contributed by atoms with Crippen LogP contribution < -0.4 is 0 Å². The second-order valence-corrected chi connectivity index (χ2v) is 5.49. The number of carbonyl (C=O) groups is 1. The number of carbonyl (C=O) groups excluding carboxylic acids is 1. The highest BCUT2D eigenvalue weighted by molar-refractivity contribution is 5.93. The van der Waals surface area contributed by atoms with Crippen LogP contribution in [0.5, 0.6) is 0 Å². The van der Waals surface area contributed by atoms with E-state index in [1.54, 1.807) is 11.8 Å². The monoisotopic (exact) mass is 305 g/mol. The van der Waals surface area contributed by atoms with Crippen LogP contribution in [0.15, 0.2) is 10.7 Å². The number of amides is 1. The molecule has 8 heteroatoms. The van der Waals surface area contributed by atoms with Crippen molar-refractivity contribution in [2.75, 3.05) is 6.54 Å². The Morgan fingerprint density at radius 3 is 2.95 bits per heavy atom. The highest BCUT2D eigenvalue weighted by atomic mass is 16.6.